The molecule has 0 saturated carbocycles. The van der Waals surface area contributed by atoms with Crippen LogP contribution in [0, 0.1) is 13.8 Å². The fourth-order valence-corrected chi connectivity index (χ4v) is 5.45. The Morgan fingerprint density at radius 2 is 1.24 bits per heavy atom. The molecule has 0 amide bonds. The van der Waals surface area contributed by atoms with Crippen molar-refractivity contribution in [1.29, 1.82) is 0 Å². The highest BCUT2D eigenvalue weighted by molar-refractivity contribution is 7.81. The van der Waals surface area contributed by atoms with E-state index in [1.165, 1.54) is 29.6 Å². The molecule has 0 bridgehead atoms. The molecule has 0 fully saturated rings. The van der Waals surface area contributed by atoms with Gasteiger partial charge in [-0.3, -0.25) is 17.0 Å². The quantitative estimate of drug-likeness (QED) is 0.158. The number of carbonyl (C=O) groups excluding carboxylic acids is 1. The predicted octanol–water partition coefficient (Wildman–Crippen LogP) is 6.18. The molecule has 220 valence electrons. The number of benzene rings is 4. The Morgan fingerprint density at radius 1 is 0.762 bits per heavy atom. The Kier molecular flexibility index (Phi) is 9.96. The molecule has 0 aliphatic rings. The highest BCUT2D eigenvalue weighted by Crippen LogP contribution is 2.39. The zero-order valence-electron chi connectivity index (χ0n) is 23.4. The summed E-state index contributed by atoms with van der Waals surface area (Å²) in [4.78, 5) is 12.8. The lowest BCUT2D eigenvalue weighted by Crippen LogP contribution is -2.22. The summed E-state index contributed by atoms with van der Waals surface area (Å²) >= 11 is -5.36. The lowest BCUT2D eigenvalue weighted by atomic mass is 10.1. The molecular weight excluding hydrogens is 578 g/mol. The lowest BCUT2D eigenvalue weighted by molar-refractivity contribution is 0.0601. The van der Waals surface area contributed by atoms with Crippen molar-refractivity contribution in [2.24, 2.45) is 0 Å². The largest absolute Gasteiger partial charge is 0.755 e. The highest BCUT2D eigenvalue weighted by atomic mass is 32.2. The summed E-state index contributed by atoms with van der Waals surface area (Å²) in [5, 5.41) is 3.17. The standard InChI is InChI=1S/C30H31N3O7S2/c1-5-31-27-19-25(15-17-29(27)33(42(37)38)23-12-8-21(3)9-13-23)40-24-14-16-28(26(18-24)30(34)39-4)32(41(35)36)22-10-6-20(2)7-11-22/h6-19,31H,5H2,1-4H3,(H,35,36)(H,37,38)/p-2. The van der Waals surface area contributed by atoms with E-state index >= 15 is 0 Å². The number of anilines is 5. The second-order valence-corrected chi connectivity index (χ2v) is 10.8. The van der Waals surface area contributed by atoms with Crippen molar-refractivity contribution in [3.05, 3.63) is 102 Å². The number of carbonyl (C=O) groups is 1. The van der Waals surface area contributed by atoms with E-state index in [-0.39, 0.29) is 17.0 Å². The molecule has 2 atom stereocenters. The molecule has 0 aromatic heterocycles. The van der Waals surface area contributed by atoms with Crippen LogP contribution in [-0.2, 0) is 27.3 Å². The molecule has 1 N–H and O–H groups in total. The van der Waals surface area contributed by atoms with Crippen molar-refractivity contribution in [2.75, 3.05) is 27.6 Å². The molecule has 0 heterocycles. The minimum atomic E-state index is -2.75. The van der Waals surface area contributed by atoms with Crippen molar-refractivity contribution in [3.8, 4) is 11.5 Å². The average molecular weight is 608 g/mol. The van der Waals surface area contributed by atoms with Crippen molar-refractivity contribution >= 4 is 56.9 Å². The maximum atomic E-state index is 12.8. The van der Waals surface area contributed by atoms with Gasteiger partial charge in [0.1, 0.15) is 11.5 Å². The molecule has 12 heteroatoms. The van der Waals surface area contributed by atoms with Gasteiger partial charge in [0.2, 0.25) is 0 Å². The number of hydrogen-bond acceptors (Lipinski definition) is 8. The number of esters is 1. The molecule has 0 aliphatic carbocycles. The van der Waals surface area contributed by atoms with Crippen LogP contribution in [0.15, 0.2) is 84.9 Å². The Hall–Kier alpha value is -4.23. The molecule has 0 saturated heterocycles. The second kappa shape index (κ2) is 13.6. The highest BCUT2D eigenvalue weighted by Gasteiger charge is 2.22. The van der Waals surface area contributed by atoms with Gasteiger partial charge in [-0.1, -0.05) is 35.4 Å². The van der Waals surface area contributed by atoms with E-state index < -0.39 is 28.5 Å². The van der Waals surface area contributed by atoms with E-state index in [9.17, 15) is 22.3 Å². The third-order valence-electron chi connectivity index (χ3n) is 6.22. The molecule has 2 unspecified atom stereocenters. The first-order valence-corrected chi connectivity index (χ1v) is 14.9. The number of aryl methyl sites for hydroxylation is 2. The Balaban J connectivity index is 1.72. The third-order valence-corrected chi connectivity index (χ3v) is 7.63. The molecule has 4 rings (SSSR count). The minimum absolute atomic E-state index is 0.0319. The monoisotopic (exact) mass is 607 g/mol. The topological polar surface area (TPSA) is 134 Å². The van der Waals surface area contributed by atoms with Crippen molar-refractivity contribution in [2.45, 2.75) is 20.8 Å². The SMILES string of the molecule is CCNc1cc(Oc2ccc(N(c3ccc(C)cc3)S(=O)[O-])c(C(=O)OC)c2)ccc1N(c1ccc(C)cc1)S(=O)[O-]. The zero-order valence-corrected chi connectivity index (χ0v) is 25.0. The van der Waals surface area contributed by atoms with Crippen molar-refractivity contribution in [1.82, 2.24) is 0 Å². The number of nitrogens with zero attached hydrogens (tertiary/aromatic N) is 2. The summed E-state index contributed by atoms with van der Waals surface area (Å²) in [5.41, 5.74) is 3.68. The number of nitrogens with one attached hydrogen (secondary N) is 1. The smallest absolute Gasteiger partial charge is 0.340 e. The first-order chi connectivity index (χ1) is 20.1. The van der Waals surface area contributed by atoms with Gasteiger partial charge < -0.3 is 23.9 Å². The maximum absolute atomic E-state index is 12.8. The fraction of sp³-hybridized carbons (Fsp3) is 0.167. The maximum Gasteiger partial charge on any atom is 0.340 e. The van der Waals surface area contributed by atoms with Gasteiger partial charge in [-0.15, -0.1) is 0 Å². The average Bonchev–Trinajstić information content (AvgIpc) is 2.96. The summed E-state index contributed by atoms with van der Waals surface area (Å²) < 4.78 is 62.2. The van der Waals surface area contributed by atoms with Gasteiger partial charge in [-0.05, 0) is 75.4 Å². The van der Waals surface area contributed by atoms with Gasteiger partial charge in [0.15, 0.2) is 0 Å². The van der Waals surface area contributed by atoms with Crippen LogP contribution >= 0.6 is 0 Å². The van der Waals surface area contributed by atoms with Crippen molar-refractivity contribution in [3.63, 3.8) is 0 Å². The molecule has 4 aromatic carbocycles. The van der Waals surface area contributed by atoms with E-state index in [4.69, 9.17) is 9.47 Å². The number of ether oxygens (including phenoxy) is 2. The number of rotatable bonds is 11. The summed E-state index contributed by atoms with van der Waals surface area (Å²) in [6, 6.07) is 23.1. The van der Waals surface area contributed by atoms with Crippen LogP contribution in [0.4, 0.5) is 28.4 Å². The van der Waals surface area contributed by atoms with Crippen LogP contribution in [-0.4, -0.2) is 37.1 Å². The first-order valence-electron chi connectivity index (χ1n) is 12.8. The molecule has 10 nitrogen and oxygen atoms in total. The normalized spacial score (nSPS) is 12.2. The number of hydrogen-bond donors (Lipinski definition) is 1. The second-order valence-electron chi connectivity index (χ2n) is 9.18. The van der Waals surface area contributed by atoms with Gasteiger partial charge in [0.25, 0.3) is 0 Å². The van der Waals surface area contributed by atoms with Crippen LogP contribution < -0.4 is 18.7 Å². The minimum Gasteiger partial charge on any atom is -0.755 e. The van der Waals surface area contributed by atoms with Gasteiger partial charge in [-0.2, -0.15) is 0 Å². The first kappa shape index (κ1) is 30.7. The van der Waals surface area contributed by atoms with E-state index in [1.54, 1.807) is 54.6 Å². The van der Waals surface area contributed by atoms with Crippen LogP contribution in [0.5, 0.6) is 11.5 Å². The van der Waals surface area contributed by atoms with E-state index in [0.717, 1.165) is 15.4 Å². The molecule has 0 aliphatic heterocycles. The van der Waals surface area contributed by atoms with Gasteiger partial charge in [0.05, 0.1) is 63.6 Å². The van der Waals surface area contributed by atoms with Gasteiger partial charge >= 0.3 is 5.97 Å². The molecule has 0 radical (unpaired) electrons. The summed E-state index contributed by atoms with van der Waals surface area (Å²) in [7, 11) is 1.20. The summed E-state index contributed by atoms with van der Waals surface area (Å²) in [5.74, 6) is -0.173. The van der Waals surface area contributed by atoms with Gasteiger partial charge in [-0.25, -0.2) is 4.79 Å². The van der Waals surface area contributed by atoms with Crippen molar-refractivity contribution < 1.29 is 31.8 Å². The van der Waals surface area contributed by atoms with E-state index in [0.29, 0.717) is 35.0 Å². The number of methoxy groups -OCH3 is 1. The Labute approximate surface area is 249 Å². The van der Waals surface area contributed by atoms with Crippen LogP contribution in [0.2, 0.25) is 0 Å². The predicted molar refractivity (Wildman–Crippen MR) is 163 cm³/mol. The molecule has 0 spiro atoms. The van der Waals surface area contributed by atoms with Gasteiger partial charge in [0, 0.05) is 12.6 Å². The van der Waals surface area contributed by atoms with E-state index in [1.807, 2.05) is 32.9 Å². The zero-order chi connectivity index (χ0) is 30.4. The summed E-state index contributed by atoms with van der Waals surface area (Å²) in [6.45, 7) is 6.17. The van der Waals surface area contributed by atoms with E-state index in [2.05, 4.69) is 5.32 Å². The lowest BCUT2D eigenvalue weighted by Gasteiger charge is -2.29. The van der Waals surface area contributed by atoms with Crippen LogP contribution in [0.25, 0.3) is 0 Å². The summed E-state index contributed by atoms with van der Waals surface area (Å²) in [6.07, 6.45) is 0. The molecule has 4 aromatic rings. The Morgan fingerprint density at radius 3 is 1.71 bits per heavy atom. The third kappa shape index (κ3) is 6.97. The molecule has 42 heavy (non-hydrogen) atoms. The Bertz CT molecular complexity index is 1610. The molecular formula is C30H29N3O7S2-2. The van der Waals surface area contributed by atoms with Crippen LogP contribution in [0.1, 0.15) is 28.4 Å². The fourth-order valence-electron chi connectivity index (χ4n) is 4.22. The van der Waals surface area contributed by atoms with Crippen LogP contribution in [0.3, 0.4) is 0 Å².